The number of hydrogen-bond donors (Lipinski definition) is 1. The molecular weight excluding hydrogens is 438 g/mol. The van der Waals surface area contributed by atoms with Gasteiger partial charge in [-0.15, -0.1) is 16.4 Å². The molecule has 0 saturated heterocycles. The van der Waals surface area contributed by atoms with Crippen molar-refractivity contribution in [2.45, 2.75) is 38.6 Å². The van der Waals surface area contributed by atoms with E-state index in [1.807, 2.05) is 32.0 Å². The third kappa shape index (κ3) is 4.88. The Bertz CT molecular complexity index is 1110. The van der Waals surface area contributed by atoms with Crippen LogP contribution in [-0.2, 0) is 15.2 Å². The second kappa shape index (κ2) is 9.92. The van der Waals surface area contributed by atoms with Crippen molar-refractivity contribution in [2.75, 3.05) is 18.9 Å². The van der Waals surface area contributed by atoms with Gasteiger partial charge in [0.1, 0.15) is 9.88 Å². The van der Waals surface area contributed by atoms with E-state index in [0.717, 1.165) is 28.2 Å². The zero-order chi connectivity index (χ0) is 22.5. The van der Waals surface area contributed by atoms with Gasteiger partial charge in [0.15, 0.2) is 0 Å². The van der Waals surface area contributed by atoms with Crippen LogP contribution in [-0.4, -0.2) is 45.4 Å². The molecule has 2 N–H and O–H groups in total. The van der Waals surface area contributed by atoms with Crippen molar-refractivity contribution >= 4 is 40.0 Å². The number of thiophene rings is 1. The van der Waals surface area contributed by atoms with E-state index < -0.39 is 11.9 Å². The first kappa shape index (κ1) is 22.8. The van der Waals surface area contributed by atoms with Crippen LogP contribution in [0.25, 0.3) is 5.69 Å². The number of rotatable bonds is 8. The molecule has 0 aliphatic carbocycles. The van der Waals surface area contributed by atoms with Crippen LogP contribution in [0.2, 0.25) is 0 Å². The van der Waals surface area contributed by atoms with Crippen molar-refractivity contribution in [3.63, 3.8) is 0 Å². The largest absolute Gasteiger partial charge is 0.462 e. The minimum Gasteiger partial charge on any atom is -0.462 e. The topological polar surface area (TPSA) is 122 Å². The van der Waals surface area contributed by atoms with Crippen molar-refractivity contribution in [3.05, 3.63) is 45.3 Å². The highest BCUT2D eigenvalue weighted by atomic mass is 32.2. The molecule has 11 heteroatoms. The maximum absolute atomic E-state index is 12.5. The molecule has 0 saturated carbocycles. The van der Waals surface area contributed by atoms with Gasteiger partial charge in [-0.05, 0) is 49.8 Å². The average molecular weight is 462 g/mol. The molecular formula is C20H23N5O4S2. The third-order valence-electron chi connectivity index (χ3n) is 4.34. The zero-order valence-corrected chi connectivity index (χ0v) is 19.3. The molecule has 3 aromatic rings. The van der Waals surface area contributed by atoms with Crippen molar-refractivity contribution in [3.8, 4) is 5.69 Å². The van der Waals surface area contributed by atoms with Crippen LogP contribution in [0.3, 0.4) is 0 Å². The van der Waals surface area contributed by atoms with Crippen LogP contribution in [0.1, 0.15) is 50.6 Å². The van der Waals surface area contributed by atoms with Gasteiger partial charge in [0.05, 0.1) is 24.5 Å². The smallest absolute Gasteiger partial charge is 0.348 e. The summed E-state index contributed by atoms with van der Waals surface area (Å²) >= 11 is 2.31. The van der Waals surface area contributed by atoms with E-state index in [4.69, 9.17) is 15.2 Å². The number of ether oxygens (including phenoxy) is 2. The summed E-state index contributed by atoms with van der Waals surface area (Å²) in [6, 6.07) is 5.97. The Morgan fingerprint density at radius 1 is 1.16 bits per heavy atom. The Morgan fingerprint density at radius 2 is 1.87 bits per heavy atom. The molecule has 9 nitrogen and oxygen atoms in total. The Kier molecular flexibility index (Phi) is 7.29. The van der Waals surface area contributed by atoms with Gasteiger partial charge in [-0.25, -0.2) is 9.59 Å². The number of carbonyl (C=O) groups excluding carboxylic acids is 2. The molecule has 2 aromatic heterocycles. The third-order valence-corrected chi connectivity index (χ3v) is 6.33. The first-order chi connectivity index (χ1) is 14.9. The molecule has 0 atom stereocenters. The molecule has 0 fully saturated rings. The lowest BCUT2D eigenvalue weighted by molar-refractivity contribution is 0.0527. The van der Waals surface area contributed by atoms with Crippen molar-refractivity contribution < 1.29 is 19.1 Å². The fraction of sp³-hybridized carbons (Fsp3) is 0.350. The molecule has 0 radical (unpaired) electrons. The number of benzene rings is 1. The number of nitrogen functional groups attached to an aromatic ring is 1. The van der Waals surface area contributed by atoms with Crippen LogP contribution in [0.5, 0.6) is 0 Å². The molecule has 31 heavy (non-hydrogen) atoms. The maximum Gasteiger partial charge on any atom is 0.348 e. The van der Waals surface area contributed by atoms with Crippen molar-refractivity contribution in [1.82, 2.24) is 20.2 Å². The Morgan fingerprint density at radius 3 is 2.55 bits per heavy atom. The van der Waals surface area contributed by atoms with Gasteiger partial charge >= 0.3 is 11.9 Å². The van der Waals surface area contributed by atoms with Crippen molar-refractivity contribution in [2.24, 2.45) is 0 Å². The van der Waals surface area contributed by atoms with Crippen molar-refractivity contribution in [1.29, 1.82) is 0 Å². The second-order valence-corrected chi connectivity index (χ2v) is 8.54. The number of esters is 2. The van der Waals surface area contributed by atoms with Crippen LogP contribution in [0.4, 0.5) is 5.00 Å². The minimum atomic E-state index is -0.573. The van der Waals surface area contributed by atoms with E-state index in [1.165, 1.54) is 11.8 Å². The Hall–Kier alpha value is -2.92. The highest BCUT2D eigenvalue weighted by molar-refractivity contribution is 7.98. The lowest BCUT2D eigenvalue weighted by atomic mass is 10.1. The molecule has 0 amide bonds. The molecule has 1 aromatic carbocycles. The minimum absolute atomic E-state index is 0.188. The highest BCUT2D eigenvalue weighted by Crippen LogP contribution is 2.36. The van der Waals surface area contributed by atoms with E-state index in [0.29, 0.717) is 10.7 Å². The lowest BCUT2D eigenvalue weighted by Gasteiger charge is -2.10. The standard InChI is InChI=1S/C20H23N5O4S2/c1-5-28-18(26)15-13(16(31-17(15)21)19(27)29-6-2)10-30-20-22-23-24-25(20)14-8-7-11(3)9-12(14)4/h7-9H,5-6,10,21H2,1-4H3. The van der Waals surface area contributed by atoms with E-state index in [9.17, 15) is 9.59 Å². The number of tetrazole rings is 1. The summed E-state index contributed by atoms with van der Waals surface area (Å²) in [6.45, 7) is 7.83. The van der Waals surface area contributed by atoms with Gasteiger partial charge in [-0.1, -0.05) is 29.5 Å². The SMILES string of the molecule is CCOC(=O)c1sc(N)c(C(=O)OCC)c1CSc1nnnn1-c1ccc(C)cc1C. The number of anilines is 1. The summed E-state index contributed by atoms with van der Waals surface area (Å²) in [5, 5.41) is 12.7. The average Bonchev–Trinajstić information content (AvgIpc) is 3.30. The fourth-order valence-electron chi connectivity index (χ4n) is 3.01. The summed E-state index contributed by atoms with van der Waals surface area (Å²) in [4.78, 5) is 25.2. The van der Waals surface area contributed by atoms with Gasteiger partial charge in [0, 0.05) is 11.3 Å². The maximum atomic E-state index is 12.5. The quantitative estimate of drug-likeness (QED) is 0.396. The fourth-order valence-corrected chi connectivity index (χ4v) is 4.98. The predicted octanol–water partition coefficient (Wildman–Crippen LogP) is 3.57. The number of nitrogens with zero attached hydrogens (tertiary/aromatic N) is 4. The van der Waals surface area contributed by atoms with Crippen LogP contribution >= 0.6 is 23.1 Å². The van der Waals surface area contributed by atoms with Gasteiger partial charge in [-0.2, -0.15) is 4.68 Å². The summed E-state index contributed by atoms with van der Waals surface area (Å²) in [7, 11) is 0. The van der Waals surface area contributed by atoms with E-state index in [1.54, 1.807) is 18.5 Å². The van der Waals surface area contributed by atoms with E-state index >= 15 is 0 Å². The zero-order valence-electron chi connectivity index (χ0n) is 17.7. The van der Waals surface area contributed by atoms with Gasteiger partial charge in [0.2, 0.25) is 5.16 Å². The summed E-state index contributed by atoms with van der Waals surface area (Å²) in [5.74, 6) is -0.864. The number of thioether (sulfide) groups is 1. The van der Waals surface area contributed by atoms with Gasteiger partial charge in [-0.3, -0.25) is 0 Å². The first-order valence-corrected chi connectivity index (χ1v) is 11.4. The number of aromatic nitrogens is 4. The van der Waals surface area contributed by atoms with Gasteiger partial charge in [0.25, 0.3) is 0 Å². The molecule has 0 aliphatic rings. The monoisotopic (exact) mass is 461 g/mol. The molecule has 0 spiro atoms. The molecule has 0 bridgehead atoms. The highest BCUT2D eigenvalue weighted by Gasteiger charge is 2.28. The van der Waals surface area contributed by atoms with Gasteiger partial charge < -0.3 is 15.2 Å². The number of nitrogens with two attached hydrogens (primary N) is 1. The molecule has 0 unspecified atom stereocenters. The Labute approximate surface area is 187 Å². The predicted molar refractivity (Wildman–Crippen MR) is 119 cm³/mol. The second-order valence-electron chi connectivity index (χ2n) is 6.54. The lowest BCUT2D eigenvalue weighted by Crippen LogP contribution is -2.11. The number of hydrogen-bond acceptors (Lipinski definition) is 10. The normalized spacial score (nSPS) is 10.8. The van der Waals surface area contributed by atoms with Crippen LogP contribution in [0, 0.1) is 13.8 Å². The number of aryl methyl sites for hydroxylation is 2. The summed E-state index contributed by atoms with van der Waals surface area (Å²) < 4.78 is 11.9. The van der Waals surface area contributed by atoms with E-state index in [2.05, 4.69) is 15.5 Å². The Balaban J connectivity index is 1.95. The first-order valence-electron chi connectivity index (χ1n) is 9.61. The molecule has 164 valence electrons. The van der Waals surface area contributed by atoms with Crippen LogP contribution < -0.4 is 5.73 Å². The molecule has 2 heterocycles. The van der Waals surface area contributed by atoms with Crippen LogP contribution in [0.15, 0.2) is 23.4 Å². The summed E-state index contributed by atoms with van der Waals surface area (Å²) in [6.07, 6.45) is 0. The number of carbonyl (C=O) groups is 2. The molecule has 3 rings (SSSR count). The summed E-state index contributed by atoms with van der Waals surface area (Å²) in [5.41, 5.74) is 9.71. The van der Waals surface area contributed by atoms with E-state index in [-0.39, 0.29) is 34.4 Å². The molecule has 0 aliphatic heterocycles.